The van der Waals surface area contributed by atoms with E-state index in [1.165, 1.54) is 0 Å². The first kappa shape index (κ1) is 14.9. The van der Waals surface area contributed by atoms with E-state index >= 15 is 0 Å². The largest absolute Gasteiger partial charge is 0.454 e. The van der Waals surface area contributed by atoms with Crippen LogP contribution in [0.2, 0.25) is 5.02 Å². The van der Waals surface area contributed by atoms with Crippen LogP contribution in [0.25, 0.3) is 0 Å². The van der Waals surface area contributed by atoms with Gasteiger partial charge in [-0.2, -0.15) is 5.10 Å². The highest BCUT2D eigenvalue weighted by molar-refractivity contribution is 6.31. The summed E-state index contributed by atoms with van der Waals surface area (Å²) in [7, 11) is 1.85. The Bertz CT molecular complexity index is 568. The molecule has 1 aromatic heterocycles. The molecule has 20 heavy (non-hydrogen) atoms. The van der Waals surface area contributed by atoms with Crippen molar-refractivity contribution in [1.82, 2.24) is 15.1 Å². The molecule has 2 rings (SSSR count). The molecule has 1 unspecified atom stereocenters. The number of nitrogens with one attached hydrogen (secondary N) is 1. The second kappa shape index (κ2) is 6.77. The van der Waals surface area contributed by atoms with E-state index in [1.54, 1.807) is 10.9 Å². The number of rotatable bonds is 6. The molecule has 5 heteroatoms. The Hall–Kier alpha value is -1.52. The summed E-state index contributed by atoms with van der Waals surface area (Å²) in [6.07, 6.45) is 4.59. The normalized spacial score (nSPS) is 12.4. The van der Waals surface area contributed by atoms with Crippen LogP contribution in [0.1, 0.15) is 31.9 Å². The fourth-order valence-corrected chi connectivity index (χ4v) is 2.32. The van der Waals surface area contributed by atoms with E-state index in [4.69, 9.17) is 16.3 Å². The minimum absolute atomic E-state index is 0.231. The van der Waals surface area contributed by atoms with Gasteiger partial charge in [-0.25, -0.2) is 0 Å². The van der Waals surface area contributed by atoms with Gasteiger partial charge in [-0.1, -0.05) is 24.6 Å². The summed E-state index contributed by atoms with van der Waals surface area (Å²) >= 11 is 6.33. The summed E-state index contributed by atoms with van der Waals surface area (Å²) in [5.41, 5.74) is 1.08. The fourth-order valence-electron chi connectivity index (χ4n) is 1.98. The predicted octanol–water partition coefficient (Wildman–Crippen LogP) is 3.93. The average molecular weight is 294 g/mol. The first-order valence-corrected chi connectivity index (χ1v) is 7.17. The van der Waals surface area contributed by atoms with Gasteiger partial charge in [0.15, 0.2) is 5.75 Å². The molecule has 0 spiro atoms. The number of nitrogens with zero attached hydrogens (tertiary/aromatic N) is 2. The average Bonchev–Trinajstić information content (AvgIpc) is 2.81. The molecule has 0 bridgehead atoms. The zero-order valence-electron chi connectivity index (χ0n) is 12.1. The molecule has 1 heterocycles. The van der Waals surface area contributed by atoms with E-state index < -0.39 is 0 Å². The predicted molar refractivity (Wildman–Crippen MR) is 81.4 cm³/mol. The number of aryl methyl sites for hydroxylation is 1. The van der Waals surface area contributed by atoms with Crippen LogP contribution in [0.4, 0.5) is 0 Å². The maximum Gasteiger partial charge on any atom is 0.165 e. The Morgan fingerprint density at radius 1 is 1.40 bits per heavy atom. The molecular formula is C15H20ClN3O. The van der Waals surface area contributed by atoms with Crippen LogP contribution in [0, 0.1) is 0 Å². The topological polar surface area (TPSA) is 39.1 Å². The van der Waals surface area contributed by atoms with Gasteiger partial charge in [0.05, 0.1) is 12.4 Å². The lowest BCUT2D eigenvalue weighted by Gasteiger charge is -2.16. The molecule has 0 saturated heterocycles. The van der Waals surface area contributed by atoms with Crippen LogP contribution < -0.4 is 10.1 Å². The lowest BCUT2D eigenvalue weighted by molar-refractivity contribution is 0.481. The molecule has 108 valence electrons. The maximum atomic E-state index is 6.33. The van der Waals surface area contributed by atoms with E-state index in [0.29, 0.717) is 10.8 Å². The smallest absolute Gasteiger partial charge is 0.165 e. The molecule has 0 aliphatic rings. The van der Waals surface area contributed by atoms with Crippen molar-refractivity contribution in [2.75, 3.05) is 6.54 Å². The van der Waals surface area contributed by atoms with Crippen molar-refractivity contribution in [3.63, 3.8) is 0 Å². The molecule has 0 saturated carbocycles. The number of ether oxygens (including phenoxy) is 1. The Balaban J connectivity index is 2.09. The number of hydrogen-bond acceptors (Lipinski definition) is 3. The number of hydrogen-bond donors (Lipinski definition) is 1. The highest BCUT2D eigenvalue weighted by atomic mass is 35.5. The van der Waals surface area contributed by atoms with Crippen LogP contribution in [-0.2, 0) is 7.05 Å². The quantitative estimate of drug-likeness (QED) is 0.877. The van der Waals surface area contributed by atoms with Gasteiger partial charge in [0.2, 0.25) is 0 Å². The number of aromatic nitrogens is 2. The maximum absolute atomic E-state index is 6.33. The van der Waals surface area contributed by atoms with Crippen molar-refractivity contribution in [1.29, 1.82) is 0 Å². The van der Waals surface area contributed by atoms with Crippen LogP contribution in [-0.4, -0.2) is 16.3 Å². The standard InChI is InChI=1S/C15H20ClN3O/c1-4-7-17-11(2)14-6-5-12(8-15(14)16)20-13-9-18-19(3)10-13/h5-6,8-11,17H,4,7H2,1-3H3. The molecule has 2 aromatic rings. The Morgan fingerprint density at radius 3 is 2.80 bits per heavy atom. The van der Waals surface area contributed by atoms with Gasteiger partial charge >= 0.3 is 0 Å². The zero-order chi connectivity index (χ0) is 14.5. The van der Waals surface area contributed by atoms with E-state index in [9.17, 15) is 0 Å². The lowest BCUT2D eigenvalue weighted by Crippen LogP contribution is -2.19. The minimum atomic E-state index is 0.231. The van der Waals surface area contributed by atoms with Crippen molar-refractivity contribution in [2.24, 2.45) is 7.05 Å². The van der Waals surface area contributed by atoms with Crippen molar-refractivity contribution < 1.29 is 4.74 Å². The van der Waals surface area contributed by atoms with Gasteiger partial charge in [0.1, 0.15) is 5.75 Å². The Labute approximate surface area is 124 Å². The van der Waals surface area contributed by atoms with Crippen molar-refractivity contribution in [3.05, 3.63) is 41.2 Å². The molecular weight excluding hydrogens is 274 g/mol. The summed E-state index contributed by atoms with van der Waals surface area (Å²) < 4.78 is 7.40. The summed E-state index contributed by atoms with van der Waals surface area (Å²) in [6, 6.07) is 6.00. The van der Waals surface area contributed by atoms with Gasteiger partial charge < -0.3 is 10.1 Å². The second-order valence-electron chi connectivity index (χ2n) is 4.81. The minimum Gasteiger partial charge on any atom is -0.454 e. The second-order valence-corrected chi connectivity index (χ2v) is 5.22. The van der Waals surface area contributed by atoms with E-state index in [-0.39, 0.29) is 6.04 Å². The van der Waals surface area contributed by atoms with Gasteiger partial charge in [-0.15, -0.1) is 0 Å². The van der Waals surface area contributed by atoms with Crippen molar-refractivity contribution in [3.8, 4) is 11.5 Å². The number of benzene rings is 1. The van der Waals surface area contributed by atoms with E-state index in [1.807, 2.05) is 31.4 Å². The Morgan fingerprint density at radius 2 is 2.20 bits per heavy atom. The van der Waals surface area contributed by atoms with Crippen molar-refractivity contribution >= 4 is 11.6 Å². The third-order valence-corrected chi connectivity index (χ3v) is 3.38. The zero-order valence-corrected chi connectivity index (χ0v) is 12.8. The molecule has 0 aliphatic carbocycles. The van der Waals surface area contributed by atoms with Crippen LogP contribution in [0.5, 0.6) is 11.5 Å². The lowest BCUT2D eigenvalue weighted by atomic mass is 10.1. The molecule has 1 atom stereocenters. The van der Waals surface area contributed by atoms with Gasteiger partial charge in [0.25, 0.3) is 0 Å². The summed E-state index contributed by atoms with van der Waals surface area (Å²) in [5, 5.41) is 8.20. The molecule has 0 amide bonds. The first-order chi connectivity index (χ1) is 9.60. The molecule has 0 radical (unpaired) electrons. The monoisotopic (exact) mass is 293 g/mol. The van der Waals surface area contributed by atoms with E-state index in [2.05, 4.69) is 24.3 Å². The molecule has 0 aliphatic heterocycles. The third kappa shape index (κ3) is 3.74. The van der Waals surface area contributed by atoms with Crippen molar-refractivity contribution in [2.45, 2.75) is 26.3 Å². The highest BCUT2D eigenvalue weighted by Crippen LogP contribution is 2.29. The number of halogens is 1. The van der Waals surface area contributed by atoms with Gasteiger partial charge in [-0.05, 0) is 37.6 Å². The summed E-state index contributed by atoms with van der Waals surface area (Å²) in [4.78, 5) is 0. The van der Waals surface area contributed by atoms with Crippen LogP contribution in [0.3, 0.4) is 0 Å². The SMILES string of the molecule is CCCNC(C)c1ccc(Oc2cnn(C)c2)cc1Cl. The molecule has 4 nitrogen and oxygen atoms in total. The Kier molecular flexibility index (Phi) is 5.04. The molecule has 1 N–H and O–H groups in total. The molecule has 1 aromatic carbocycles. The van der Waals surface area contributed by atoms with Gasteiger partial charge in [-0.3, -0.25) is 4.68 Å². The van der Waals surface area contributed by atoms with E-state index in [0.717, 1.165) is 24.3 Å². The highest BCUT2D eigenvalue weighted by Gasteiger charge is 2.10. The first-order valence-electron chi connectivity index (χ1n) is 6.79. The fraction of sp³-hybridized carbons (Fsp3) is 0.400. The van der Waals surface area contributed by atoms with Crippen LogP contribution in [0.15, 0.2) is 30.6 Å². The van der Waals surface area contributed by atoms with Gasteiger partial charge in [0, 0.05) is 18.1 Å². The summed E-state index contributed by atoms with van der Waals surface area (Å²) in [6.45, 7) is 5.23. The third-order valence-electron chi connectivity index (χ3n) is 3.06. The summed E-state index contributed by atoms with van der Waals surface area (Å²) in [5.74, 6) is 1.42. The van der Waals surface area contributed by atoms with Crippen LogP contribution >= 0.6 is 11.6 Å². The molecule has 0 fully saturated rings.